The molecule has 1 rings (SSSR count). The van der Waals surface area contributed by atoms with Gasteiger partial charge in [-0.2, -0.15) is 9.97 Å². The van der Waals surface area contributed by atoms with Crippen LogP contribution in [0.1, 0.15) is 0 Å². The van der Waals surface area contributed by atoms with Crippen molar-refractivity contribution in [1.82, 2.24) is 9.97 Å². The van der Waals surface area contributed by atoms with Crippen molar-refractivity contribution in [3.63, 3.8) is 0 Å². The molecule has 0 amide bonds. The topological polar surface area (TPSA) is 96.3 Å². The molecule has 0 saturated carbocycles. The number of nitrogen functional groups attached to an aromatic ring is 2. The molecule has 66 valence electrons. The first-order chi connectivity index (χ1) is 5.69. The molecule has 0 aliphatic rings. The summed E-state index contributed by atoms with van der Waals surface area (Å²) in [5.74, 6) is 0.373. The van der Waals surface area contributed by atoms with Crippen LogP contribution in [-0.4, -0.2) is 24.2 Å². The van der Waals surface area contributed by atoms with Gasteiger partial charge in [0.25, 0.3) is 0 Å². The number of hydrogen-bond acceptors (Lipinski definition) is 6. The smallest absolute Gasteiger partial charge is 0.321 e. The molecular weight excluding hydrogens is 160 g/mol. The number of ether oxygens (including phenoxy) is 2. The summed E-state index contributed by atoms with van der Waals surface area (Å²) in [4.78, 5) is 7.55. The normalized spacial score (nSPS) is 9.50. The van der Waals surface area contributed by atoms with E-state index in [0.717, 1.165) is 0 Å². The van der Waals surface area contributed by atoms with Gasteiger partial charge in [-0.25, -0.2) is 0 Å². The molecule has 0 atom stereocenters. The molecular formula is C6H10N4O2. The first-order valence-electron chi connectivity index (χ1n) is 3.20. The van der Waals surface area contributed by atoms with Crippen molar-refractivity contribution in [2.24, 2.45) is 0 Å². The first-order valence-corrected chi connectivity index (χ1v) is 3.20. The highest BCUT2D eigenvalue weighted by Crippen LogP contribution is 2.25. The maximum absolute atomic E-state index is 5.49. The lowest BCUT2D eigenvalue weighted by Gasteiger charge is -2.06. The zero-order chi connectivity index (χ0) is 9.14. The molecule has 0 aliphatic heterocycles. The molecule has 6 heteroatoms. The third-order valence-corrected chi connectivity index (χ3v) is 1.30. The van der Waals surface area contributed by atoms with E-state index in [1.54, 1.807) is 0 Å². The summed E-state index contributed by atoms with van der Waals surface area (Å²) in [7, 11) is 2.88. The van der Waals surface area contributed by atoms with Crippen LogP contribution in [-0.2, 0) is 0 Å². The van der Waals surface area contributed by atoms with Crippen molar-refractivity contribution in [3.05, 3.63) is 0 Å². The summed E-state index contributed by atoms with van der Waals surface area (Å²) in [6, 6.07) is 0.138. The van der Waals surface area contributed by atoms with E-state index in [4.69, 9.17) is 20.9 Å². The average Bonchev–Trinajstić information content (AvgIpc) is 2.09. The lowest BCUT2D eigenvalue weighted by molar-refractivity contribution is 0.354. The largest absolute Gasteiger partial charge is 0.479 e. The minimum Gasteiger partial charge on any atom is -0.479 e. The Kier molecular flexibility index (Phi) is 2.18. The molecule has 0 aromatic carbocycles. The average molecular weight is 170 g/mol. The van der Waals surface area contributed by atoms with Crippen LogP contribution in [0.25, 0.3) is 0 Å². The lowest BCUT2D eigenvalue weighted by atomic mass is 10.5. The maximum atomic E-state index is 5.49. The lowest BCUT2D eigenvalue weighted by Crippen LogP contribution is -2.05. The van der Waals surface area contributed by atoms with Crippen molar-refractivity contribution in [3.8, 4) is 11.9 Å². The van der Waals surface area contributed by atoms with Gasteiger partial charge in [0.2, 0.25) is 5.88 Å². The first kappa shape index (κ1) is 8.38. The Hall–Kier alpha value is -1.72. The summed E-state index contributed by atoms with van der Waals surface area (Å²) in [5.41, 5.74) is 11.1. The standard InChI is InChI=1S/C6H10N4O2/c1-11-5-3(7)4(8)9-6(10-5)12-2/h7H2,1-2H3,(H2,8,9,10). The Morgan fingerprint density at radius 1 is 1.08 bits per heavy atom. The summed E-state index contributed by atoms with van der Waals surface area (Å²) in [5, 5.41) is 0. The molecule has 0 fully saturated rings. The summed E-state index contributed by atoms with van der Waals surface area (Å²) >= 11 is 0. The van der Waals surface area contributed by atoms with Crippen LogP contribution in [0.15, 0.2) is 0 Å². The second kappa shape index (κ2) is 3.12. The Morgan fingerprint density at radius 2 is 1.75 bits per heavy atom. The van der Waals surface area contributed by atoms with Crippen LogP contribution >= 0.6 is 0 Å². The molecule has 1 aromatic heterocycles. The monoisotopic (exact) mass is 170 g/mol. The number of nitrogens with two attached hydrogens (primary N) is 2. The van der Waals surface area contributed by atoms with Crippen LogP contribution < -0.4 is 20.9 Å². The molecule has 0 bridgehead atoms. The van der Waals surface area contributed by atoms with Gasteiger partial charge in [-0.1, -0.05) is 0 Å². The quantitative estimate of drug-likeness (QED) is 0.630. The molecule has 0 aliphatic carbocycles. The molecule has 1 aromatic rings. The fourth-order valence-electron chi connectivity index (χ4n) is 0.692. The number of hydrogen-bond donors (Lipinski definition) is 2. The predicted molar refractivity (Wildman–Crippen MR) is 44.0 cm³/mol. The second-order valence-electron chi connectivity index (χ2n) is 2.02. The van der Waals surface area contributed by atoms with E-state index in [0.29, 0.717) is 0 Å². The van der Waals surface area contributed by atoms with Crippen molar-refractivity contribution in [1.29, 1.82) is 0 Å². The predicted octanol–water partition coefficient (Wildman–Crippen LogP) is -0.342. The van der Waals surface area contributed by atoms with Crippen LogP contribution in [0.2, 0.25) is 0 Å². The van der Waals surface area contributed by atoms with Crippen molar-refractivity contribution in [2.75, 3.05) is 25.7 Å². The van der Waals surface area contributed by atoms with Crippen LogP contribution in [0.4, 0.5) is 11.5 Å². The third kappa shape index (κ3) is 1.31. The minimum absolute atomic E-state index is 0.138. The Morgan fingerprint density at radius 3 is 2.25 bits per heavy atom. The van der Waals surface area contributed by atoms with Crippen LogP contribution in [0.3, 0.4) is 0 Å². The number of nitrogens with zero attached hydrogens (tertiary/aromatic N) is 2. The van der Waals surface area contributed by atoms with E-state index >= 15 is 0 Å². The molecule has 12 heavy (non-hydrogen) atoms. The van der Waals surface area contributed by atoms with Gasteiger partial charge in [-0.05, 0) is 0 Å². The zero-order valence-electron chi connectivity index (χ0n) is 6.87. The van der Waals surface area contributed by atoms with Gasteiger partial charge in [0.15, 0.2) is 5.82 Å². The number of rotatable bonds is 2. The Labute approximate surface area is 69.5 Å². The fraction of sp³-hybridized carbons (Fsp3) is 0.333. The summed E-state index contributed by atoms with van der Waals surface area (Å²) in [6.07, 6.45) is 0. The van der Waals surface area contributed by atoms with Gasteiger partial charge in [0.05, 0.1) is 14.2 Å². The van der Waals surface area contributed by atoms with Crippen molar-refractivity contribution < 1.29 is 9.47 Å². The number of methoxy groups -OCH3 is 2. The molecule has 0 spiro atoms. The van der Waals surface area contributed by atoms with E-state index in [1.807, 2.05) is 0 Å². The molecule has 6 nitrogen and oxygen atoms in total. The van der Waals surface area contributed by atoms with Gasteiger partial charge in [0.1, 0.15) is 5.69 Å². The molecule has 0 saturated heterocycles. The van der Waals surface area contributed by atoms with E-state index in [9.17, 15) is 0 Å². The second-order valence-corrected chi connectivity index (χ2v) is 2.02. The SMILES string of the molecule is COc1nc(N)c(N)c(OC)n1. The highest BCUT2D eigenvalue weighted by molar-refractivity contribution is 5.64. The van der Waals surface area contributed by atoms with E-state index in [1.165, 1.54) is 14.2 Å². The van der Waals surface area contributed by atoms with Gasteiger partial charge < -0.3 is 20.9 Å². The maximum Gasteiger partial charge on any atom is 0.321 e. The van der Waals surface area contributed by atoms with Crippen LogP contribution in [0, 0.1) is 0 Å². The summed E-state index contributed by atoms with van der Waals surface area (Å²) < 4.78 is 9.59. The Bertz CT molecular complexity index is 289. The highest BCUT2D eigenvalue weighted by Gasteiger charge is 2.09. The zero-order valence-corrected chi connectivity index (χ0v) is 6.87. The van der Waals surface area contributed by atoms with Gasteiger partial charge in [0, 0.05) is 0 Å². The molecule has 1 heterocycles. The Balaban J connectivity index is 3.19. The molecule has 0 unspecified atom stereocenters. The van der Waals surface area contributed by atoms with Gasteiger partial charge >= 0.3 is 6.01 Å². The fourth-order valence-corrected chi connectivity index (χ4v) is 0.692. The summed E-state index contributed by atoms with van der Waals surface area (Å²) in [6.45, 7) is 0. The molecule has 0 radical (unpaired) electrons. The van der Waals surface area contributed by atoms with E-state index < -0.39 is 0 Å². The van der Waals surface area contributed by atoms with E-state index in [-0.39, 0.29) is 23.4 Å². The number of aromatic nitrogens is 2. The van der Waals surface area contributed by atoms with Crippen LogP contribution in [0.5, 0.6) is 11.9 Å². The van der Waals surface area contributed by atoms with Crippen molar-refractivity contribution >= 4 is 11.5 Å². The van der Waals surface area contributed by atoms with Gasteiger partial charge in [-0.3, -0.25) is 0 Å². The molecule has 4 N–H and O–H groups in total. The van der Waals surface area contributed by atoms with Gasteiger partial charge in [-0.15, -0.1) is 0 Å². The van der Waals surface area contributed by atoms with Crippen molar-refractivity contribution in [2.45, 2.75) is 0 Å². The number of anilines is 2. The highest BCUT2D eigenvalue weighted by atomic mass is 16.5. The van der Waals surface area contributed by atoms with E-state index in [2.05, 4.69) is 9.97 Å². The third-order valence-electron chi connectivity index (χ3n) is 1.30. The minimum atomic E-state index is 0.138.